The molecule has 0 aromatic rings. The highest BCUT2D eigenvalue weighted by Gasteiger charge is 2.48. The van der Waals surface area contributed by atoms with Crippen LogP contribution < -0.4 is 5.73 Å². The van der Waals surface area contributed by atoms with Crippen molar-refractivity contribution in [2.45, 2.75) is 31.3 Å². The minimum atomic E-state index is -0.349. The van der Waals surface area contributed by atoms with Crippen molar-refractivity contribution >= 4 is 0 Å². The van der Waals surface area contributed by atoms with Crippen molar-refractivity contribution in [1.29, 1.82) is 0 Å². The van der Waals surface area contributed by atoms with Gasteiger partial charge in [-0.05, 0) is 14.0 Å². The molecule has 4 heteroatoms. The molecular formula is C9H18N2O2. The zero-order chi connectivity index (χ0) is 9.47. The van der Waals surface area contributed by atoms with Crippen LogP contribution in [0.15, 0.2) is 0 Å². The van der Waals surface area contributed by atoms with Gasteiger partial charge in [-0.25, -0.2) is 0 Å². The molecule has 4 nitrogen and oxygen atoms in total. The Hall–Kier alpha value is -0.160. The van der Waals surface area contributed by atoms with Crippen LogP contribution in [-0.4, -0.2) is 49.6 Å². The molecule has 3 unspecified atom stereocenters. The molecule has 0 saturated carbocycles. The van der Waals surface area contributed by atoms with Crippen LogP contribution in [0.5, 0.6) is 0 Å². The Morgan fingerprint density at radius 3 is 2.85 bits per heavy atom. The minimum Gasteiger partial charge on any atom is -0.346 e. The molecule has 2 rings (SSSR count). The summed E-state index contributed by atoms with van der Waals surface area (Å²) < 4.78 is 11.5. The van der Waals surface area contributed by atoms with Gasteiger partial charge in [0.2, 0.25) is 0 Å². The summed E-state index contributed by atoms with van der Waals surface area (Å²) in [6.07, 6.45) is 1.05. The third-order valence-electron chi connectivity index (χ3n) is 3.03. The van der Waals surface area contributed by atoms with Gasteiger partial charge in [0.1, 0.15) is 0 Å². The minimum absolute atomic E-state index is 0.0960. The molecule has 0 bridgehead atoms. The lowest BCUT2D eigenvalue weighted by Crippen LogP contribution is -2.35. The van der Waals surface area contributed by atoms with Crippen LogP contribution in [0.3, 0.4) is 0 Å². The summed E-state index contributed by atoms with van der Waals surface area (Å²) in [7, 11) is 2.10. The van der Waals surface area contributed by atoms with Crippen molar-refractivity contribution in [3.63, 3.8) is 0 Å². The first-order valence-electron chi connectivity index (χ1n) is 4.87. The number of hydrogen-bond acceptors (Lipinski definition) is 4. The Balaban J connectivity index is 2.00. The van der Waals surface area contributed by atoms with Crippen LogP contribution in [-0.2, 0) is 9.47 Å². The van der Waals surface area contributed by atoms with E-state index in [1.807, 2.05) is 0 Å². The van der Waals surface area contributed by atoms with Gasteiger partial charge in [0.25, 0.3) is 0 Å². The van der Waals surface area contributed by atoms with E-state index in [4.69, 9.17) is 15.2 Å². The Kier molecular flexibility index (Phi) is 2.32. The molecule has 1 spiro atoms. The van der Waals surface area contributed by atoms with Crippen LogP contribution in [0.2, 0.25) is 0 Å². The number of hydrogen-bond donors (Lipinski definition) is 1. The van der Waals surface area contributed by atoms with Gasteiger partial charge in [0, 0.05) is 19.0 Å². The van der Waals surface area contributed by atoms with Crippen molar-refractivity contribution in [2.24, 2.45) is 5.73 Å². The van der Waals surface area contributed by atoms with E-state index in [1.54, 1.807) is 0 Å². The van der Waals surface area contributed by atoms with E-state index in [-0.39, 0.29) is 11.9 Å². The summed E-state index contributed by atoms with van der Waals surface area (Å²) >= 11 is 0. The molecule has 2 heterocycles. The van der Waals surface area contributed by atoms with Gasteiger partial charge in [-0.1, -0.05) is 0 Å². The van der Waals surface area contributed by atoms with Gasteiger partial charge in [-0.15, -0.1) is 0 Å². The van der Waals surface area contributed by atoms with E-state index in [9.17, 15) is 0 Å². The molecule has 3 atom stereocenters. The number of rotatable bonds is 1. The van der Waals surface area contributed by atoms with Crippen molar-refractivity contribution in [3.05, 3.63) is 0 Å². The average Bonchev–Trinajstić information content (AvgIpc) is 2.59. The summed E-state index contributed by atoms with van der Waals surface area (Å²) in [6, 6.07) is 0.538. The lowest BCUT2D eigenvalue weighted by atomic mass is 10.2. The molecule has 2 aliphatic heterocycles. The van der Waals surface area contributed by atoms with Crippen molar-refractivity contribution in [1.82, 2.24) is 4.90 Å². The number of likely N-dealkylation sites (tertiary alicyclic amines) is 1. The highest BCUT2D eigenvalue weighted by molar-refractivity contribution is 4.92. The second kappa shape index (κ2) is 3.20. The summed E-state index contributed by atoms with van der Waals surface area (Å²) in [4.78, 5) is 2.26. The van der Waals surface area contributed by atoms with E-state index < -0.39 is 0 Å². The number of ether oxygens (including phenoxy) is 2. The fourth-order valence-corrected chi connectivity index (χ4v) is 2.13. The van der Waals surface area contributed by atoms with Gasteiger partial charge in [0.15, 0.2) is 5.79 Å². The van der Waals surface area contributed by atoms with Crippen molar-refractivity contribution < 1.29 is 9.47 Å². The molecule has 2 N–H and O–H groups in total. The van der Waals surface area contributed by atoms with Crippen LogP contribution >= 0.6 is 0 Å². The predicted molar refractivity (Wildman–Crippen MR) is 49.3 cm³/mol. The third kappa shape index (κ3) is 1.59. The lowest BCUT2D eigenvalue weighted by Gasteiger charge is -2.21. The number of nitrogens with two attached hydrogens (primary N) is 1. The maximum absolute atomic E-state index is 5.81. The Morgan fingerprint density at radius 1 is 1.62 bits per heavy atom. The molecule has 76 valence electrons. The van der Waals surface area contributed by atoms with E-state index >= 15 is 0 Å². The molecule has 0 aromatic carbocycles. The first-order valence-corrected chi connectivity index (χ1v) is 4.87. The Morgan fingerprint density at radius 2 is 2.38 bits per heavy atom. The smallest absolute Gasteiger partial charge is 0.183 e. The highest BCUT2D eigenvalue weighted by Crippen LogP contribution is 2.35. The molecule has 0 radical (unpaired) electrons. The number of likely N-dealkylation sites (N-methyl/N-ethyl adjacent to an activating group) is 1. The summed E-state index contributed by atoms with van der Waals surface area (Å²) in [5.41, 5.74) is 5.54. The van der Waals surface area contributed by atoms with Crippen molar-refractivity contribution in [3.8, 4) is 0 Å². The quantitative estimate of drug-likeness (QED) is 0.615. The second-order valence-electron chi connectivity index (χ2n) is 4.17. The average molecular weight is 186 g/mol. The maximum atomic E-state index is 5.81. The van der Waals surface area contributed by atoms with Crippen LogP contribution in [0, 0.1) is 0 Å². The standard InChI is InChI=1S/C9H18N2O2/c1-7-3-9(6-11(7)2)12-5-8(4-10)13-9/h7-8H,3-6,10H2,1-2H3. The van der Waals surface area contributed by atoms with Crippen molar-refractivity contribution in [2.75, 3.05) is 26.7 Å². The Bertz CT molecular complexity index is 188. The normalized spacial score (nSPS) is 46.4. The van der Waals surface area contributed by atoms with Crippen LogP contribution in [0.1, 0.15) is 13.3 Å². The first kappa shape index (κ1) is 9.40. The molecule has 0 amide bonds. The highest BCUT2D eigenvalue weighted by atomic mass is 16.7. The van der Waals surface area contributed by atoms with Crippen LogP contribution in [0.25, 0.3) is 0 Å². The number of nitrogens with zero attached hydrogens (tertiary/aromatic N) is 1. The Labute approximate surface area is 79.0 Å². The molecule has 0 aromatic heterocycles. The zero-order valence-electron chi connectivity index (χ0n) is 8.32. The molecule has 2 aliphatic rings. The predicted octanol–water partition coefficient (Wildman–Crippen LogP) is -0.219. The summed E-state index contributed by atoms with van der Waals surface area (Å²) in [6.45, 7) is 4.26. The van der Waals surface area contributed by atoms with Gasteiger partial charge in [-0.2, -0.15) is 0 Å². The molecule has 2 fully saturated rings. The van der Waals surface area contributed by atoms with Gasteiger partial charge in [-0.3, -0.25) is 4.90 Å². The van der Waals surface area contributed by atoms with Gasteiger partial charge < -0.3 is 15.2 Å². The van der Waals surface area contributed by atoms with Gasteiger partial charge in [0.05, 0.1) is 19.3 Å². The van der Waals surface area contributed by atoms with E-state index in [1.165, 1.54) is 0 Å². The summed E-state index contributed by atoms with van der Waals surface area (Å²) in [5.74, 6) is -0.349. The fraction of sp³-hybridized carbons (Fsp3) is 1.00. The fourth-order valence-electron chi connectivity index (χ4n) is 2.13. The van der Waals surface area contributed by atoms with Crippen LogP contribution in [0.4, 0.5) is 0 Å². The summed E-state index contributed by atoms with van der Waals surface area (Å²) in [5, 5.41) is 0. The topological polar surface area (TPSA) is 47.7 Å². The van der Waals surface area contributed by atoms with Gasteiger partial charge >= 0.3 is 0 Å². The zero-order valence-corrected chi connectivity index (χ0v) is 8.32. The van der Waals surface area contributed by atoms with E-state index in [2.05, 4.69) is 18.9 Å². The molecule has 0 aliphatic carbocycles. The maximum Gasteiger partial charge on any atom is 0.183 e. The first-order chi connectivity index (χ1) is 6.15. The molecule has 13 heavy (non-hydrogen) atoms. The largest absolute Gasteiger partial charge is 0.346 e. The third-order valence-corrected chi connectivity index (χ3v) is 3.03. The SMILES string of the molecule is CC1CC2(CN1C)OCC(CN)O2. The second-order valence-corrected chi connectivity index (χ2v) is 4.17. The monoisotopic (exact) mass is 186 g/mol. The lowest BCUT2D eigenvalue weighted by molar-refractivity contribution is -0.155. The molecular weight excluding hydrogens is 168 g/mol. The van der Waals surface area contributed by atoms with E-state index in [0.29, 0.717) is 19.2 Å². The van der Waals surface area contributed by atoms with E-state index in [0.717, 1.165) is 13.0 Å². The molecule has 2 saturated heterocycles.